The summed E-state index contributed by atoms with van der Waals surface area (Å²) in [7, 11) is 0. The third-order valence-electron chi connectivity index (χ3n) is 4.96. The molecule has 0 saturated carbocycles. The Kier molecular flexibility index (Phi) is 6.37. The Morgan fingerprint density at radius 1 is 0.969 bits per heavy atom. The predicted octanol–water partition coefficient (Wildman–Crippen LogP) is 3.84. The van der Waals surface area contributed by atoms with Crippen molar-refractivity contribution in [1.82, 2.24) is 0 Å². The number of hydrogen-bond acceptors (Lipinski definition) is 7. The van der Waals surface area contributed by atoms with Crippen LogP contribution in [0, 0.1) is 0 Å². The highest BCUT2D eigenvalue weighted by atomic mass is 16.7. The van der Waals surface area contributed by atoms with E-state index in [1.54, 1.807) is 42.5 Å². The summed E-state index contributed by atoms with van der Waals surface area (Å²) in [6.07, 6.45) is -2.88. The number of Topliss-reactive ketones (excluding diaryl/α,β-unsaturated/α-hetero) is 1. The maximum absolute atomic E-state index is 13.2. The van der Waals surface area contributed by atoms with E-state index in [-0.39, 0.29) is 19.0 Å². The lowest BCUT2D eigenvalue weighted by molar-refractivity contribution is -0.151. The van der Waals surface area contributed by atoms with Crippen LogP contribution in [-0.4, -0.2) is 29.8 Å². The molecule has 0 fully saturated rings. The van der Waals surface area contributed by atoms with Crippen molar-refractivity contribution in [3.8, 4) is 17.2 Å². The Labute approximate surface area is 185 Å². The minimum Gasteiger partial charge on any atom is -0.488 e. The lowest BCUT2D eigenvalue weighted by atomic mass is 9.96. The Bertz CT molecular complexity index is 1110. The molecule has 3 aromatic carbocycles. The van der Waals surface area contributed by atoms with E-state index in [4.69, 9.17) is 18.9 Å². The van der Waals surface area contributed by atoms with Crippen LogP contribution >= 0.6 is 0 Å². The Morgan fingerprint density at radius 3 is 2.47 bits per heavy atom. The summed E-state index contributed by atoms with van der Waals surface area (Å²) >= 11 is 0. The van der Waals surface area contributed by atoms with Gasteiger partial charge in [-0.1, -0.05) is 48.5 Å². The number of para-hydroxylation sites is 1. The van der Waals surface area contributed by atoms with Crippen LogP contribution in [0.5, 0.6) is 17.2 Å². The summed E-state index contributed by atoms with van der Waals surface area (Å²) < 4.78 is 21.8. The minimum absolute atomic E-state index is 0.0740. The highest BCUT2D eigenvalue weighted by Crippen LogP contribution is 2.36. The first-order valence-electron chi connectivity index (χ1n) is 10.1. The van der Waals surface area contributed by atoms with E-state index in [1.807, 2.05) is 30.3 Å². The zero-order valence-corrected chi connectivity index (χ0v) is 17.4. The fourth-order valence-corrected chi connectivity index (χ4v) is 3.41. The number of benzene rings is 3. The van der Waals surface area contributed by atoms with E-state index in [9.17, 15) is 14.7 Å². The van der Waals surface area contributed by atoms with Crippen LogP contribution in [0.25, 0.3) is 0 Å². The normalized spacial score (nSPS) is 13.8. The van der Waals surface area contributed by atoms with E-state index in [0.29, 0.717) is 22.8 Å². The predicted molar refractivity (Wildman–Crippen MR) is 115 cm³/mol. The van der Waals surface area contributed by atoms with Crippen molar-refractivity contribution in [2.24, 2.45) is 0 Å². The number of ether oxygens (including phenoxy) is 4. The average Bonchev–Trinajstić information content (AvgIpc) is 3.29. The summed E-state index contributed by atoms with van der Waals surface area (Å²) in [4.78, 5) is 25.0. The van der Waals surface area contributed by atoms with Gasteiger partial charge in [0, 0.05) is 6.92 Å². The van der Waals surface area contributed by atoms with Gasteiger partial charge >= 0.3 is 5.97 Å². The molecule has 3 aromatic rings. The van der Waals surface area contributed by atoms with Crippen LogP contribution in [-0.2, 0) is 16.1 Å². The van der Waals surface area contributed by atoms with Crippen LogP contribution in [0.4, 0.5) is 0 Å². The van der Waals surface area contributed by atoms with E-state index in [1.165, 1.54) is 6.92 Å². The number of carbonyl (C=O) groups is 2. The van der Waals surface area contributed by atoms with E-state index in [2.05, 4.69) is 0 Å². The molecule has 1 heterocycles. The van der Waals surface area contributed by atoms with Gasteiger partial charge < -0.3 is 24.1 Å². The molecule has 164 valence electrons. The molecule has 4 rings (SSSR count). The number of aliphatic hydroxyl groups is 1. The van der Waals surface area contributed by atoms with Crippen LogP contribution < -0.4 is 14.2 Å². The number of aliphatic hydroxyl groups excluding tert-OH is 1. The number of esters is 1. The number of rotatable bonds is 8. The van der Waals surface area contributed by atoms with Crippen molar-refractivity contribution in [3.05, 3.63) is 89.5 Å². The summed E-state index contributed by atoms with van der Waals surface area (Å²) in [5, 5.41) is 10.9. The summed E-state index contributed by atoms with van der Waals surface area (Å²) in [5.41, 5.74) is 1.54. The number of fused-ring (bicyclic) bond motifs is 1. The minimum atomic E-state index is -1.65. The van der Waals surface area contributed by atoms with Gasteiger partial charge in [-0.2, -0.15) is 0 Å². The van der Waals surface area contributed by atoms with Gasteiger partial charge in [0.15, 0.2) is 29.5 Å². The van der Waals surface area contributed by atoms with Crippen LogP contribution in [0.2, 0.25) is 0 Å². The van der Waals surface area contributed by atoms with Gasteiger partial charge in [-0.05, 0) is 35.4 Å². The fraction of sp³-hybridized carbons (Fsp3) is 0.200. The molecule has 32 heavy (non-hydrogen) atoms. The molecule has 1 aliphatic rings. The molecule has 0 amide bonds. The molecular weight excluding hydrogens is 412 g/mol. The zero-order valence-electron chi connectivity index (χ0n) is 17.4. The van der Waals surface area contributed by atoms with Gasteiger partial charge in [-0.25, -0.2) is 0 Å². The topological polar surface area (TPSA) is 91.3 Å². The molecule has 7 nitrogen and oxygen atoms in total. The van der Waals surface area contributed by atoms with Crippen molar-refractivity contribution in [2.45, 2.75) is 25.7 Å². The molecule has 1 N–H and O–H groups in total. The standard InChI is InChI=1S/C25H22O7/c1-16(26)32-25(18-11-12-21-22(13-18)31-15-30-21)24(28)23(27)19-9-5-6-10-20(19)29-14-17-7-3-2-4-8-17/h2-13,24-25,28H,14-15H2,1H3. The SMILES string of the molecule is CC(=O)OC(c1ccc2c(c1)OCO2)C(O)C(=O)c1ccccc1OCc1ccccc1. The fourth-order valence-electron chi connectivity index (χ4n) is 3.41. The zero-order chi connectivity index (χ0) is 22.5. The van der Waals surface area contributed by atoms with Gasteiger partial charge in [0.25, 0.3) is 0 Å². The van der Waals surface area contributed by atoms with Crippen molar-refractivity contribution >= 4 is 11.8 Å². The maximum Gasteiger partial charge on any atom is 0.303 e. The van der Waals surface area contributed by atoms with Gasteiger partial charge in [-0.15, -0.1) is 0 Å². The Balaban J connectivity index is 1.58. The first-order chi connectivity index (χ1) is 15.5. The first-order valence-corrected chi connectivity index (χ1v) is 10.1. The van der Waals surface area contributed by atoms with Crippen molar-refractivity contribution < 1.29 is 33.6 Å². The molecule has 0 aliphatic carbocycles. The molecule has 0 spiro atoms. The summed E-state index contributed by atoms with van der Waals surface area (Å²) in [6, 6.07) is 21.0. The van der Waals surface area contributed by atoms with Gasteiger partial charge in [0.2, 0.25) is 6.79 Å². The number of hydrogen-bond donors (Lipinski definition) is 1. The van der Waals surface area contributed by atoms with Gasteiger partial charge in [0.1, 0.15) is 12.4 Å². The monoisotopic (exact) mass is 434 g/mol. The molecule has 2 atom stereocenters. The number of carbonyl (C=O) groups excluding carboxylic acids is 2. The molecule has 0 bridgehead atoms. The Hall–Kier alpha value is -3.84. The first kappa shape index (κ1) is 21.4. The molecule has 2 unspecified atom stereocenters. The van der Waals surface area contributed by atoms with Crippen molar-refractivity contribution in [2.75, 3.05) is 6.79 Å². The molecule has 1 aliphatic heterocycles. The van der Waals surface area contributed by atoms with E-state index < -0.39 is 24.0 Å². The molecule has 7 heteroatoms. The van der Waals surface area contributed by atoms with Crippen molar-refractivity contribution in [1.29, 1.82) is 0 Å². The van der Waals surface area contributed by atoms with Gasteiger partial charge in [-0.3, -0.25) is 9.59 Å². The van der Waals surface area contributed by atoms with Gasteiger partial charge in [0.05, 0.1) is 5.56 Å². The second-order valence-corrected chi connectivity index (χ2v) is 7.22. The highest BCUT2D eigenvalue weighted by molar-refractivity contribution is 6.02. The average molecular weight is 434 g/mol. The van der Waals surface area contributed by atoms with E-state index in [0.717, 1.165) is 5.56 Å². The lowest BCUT2D eigenvalue weighted by Gasteiger charge is -2.23. The Morgan fingerprint density at radius 2 is 1.69 bits per heavy atom. The largest absolute Gasteiger partial charge is 0.488 e. The summed E-state index contributed by atoms with van der Waals surface area (Å²) in [6.45, 7) is 1.55. The highest BCUT2D eigenvalue weighted by Gasteiger charge is 2.33. The summed E-state index contributed by atoms with van der Waals surface area (Å²) in [5.74, 6) is 0.0556. The third-order valence-corrected chi connectivity index (χ3v) is 4.96. The van der Waals surface area contributed by atoms with Crippen LogP contribution in [0.1, 0.15) is 34.5 Å². The second kappa shape index (κ2) is 9.53. The molecule has 0 aromatic heterocycles. The molecule has 0 saturated heterocycles. The molecule has 0 radical (unpaired) electrons. The molecular formula is C25H22O7. The number of ketones is 1. The maximum atomic E-state index is 13.2. The van der Waals surface area contributed by atoms with Crippen molar-refractivity contribution in [3.63, 3.8) is 0 Å². The van der Waals surface area contributed by atoms with Crippen LogP contribution in [0.15, 0.2) is 72.8 Å². The lowest BCUT2D eigenvalue weighted by Crippen LogP contribution is -2.31. The quantitative estimate of drug-likeness (QED) is 0.425. The smallest absolute Gasteiger partial charge is 0.303 e. The second-order valence-electron chi connectivity index (χ2n) is 7.22. The third kappa shape index (κ3) is 4.73. The van der Waals surface area contributed by atoms with E-state index >= 15 is 0 Å². The van der Waals surface area contributed by atoms with Crippen LogP contribution in [0.3, 0.4) is 0 Å².